The van der Waals surface area contributed by atoms with E-state index in [-0.39, 0.29) is 5.41 Å². The van der Waals surface area contributed by atoms with Gasteiger partial charge in [-0.3, -0.25) is 0 Å². The number of nitrogens with one attached hydrogen (secondary N) is 1. The van der Waals surface area contributed by atoms with Gasteiger partial charge in [-0.1, -0.05) is 38.5 Å². The second kappa shape index (κ2) is 5.76. The Morgan fingerprint density at radius 3 is 2.50 bits per heavy atom. The van der Waals surface area contributed by atoms with Gasteiger partial charge < -0.3 is 5.32 Å². The molecule has 0 unspecified atom stereocenters. The normalized spacial score (nSPS) is 26.4. The molecule has 1 aromatic carbocycles. The van der Waals surface area contributed by atoms with Crippen LogP contribution >= 0.6 is 0 Å². The lowest BCUT2D eigenvalue weighted by Gasteiger charge is -2.48. The van der Waals surface area contributed by atoms with Crippen molar-refractivity contribution >= 4 is 0 Å². The monoisotopic (exact) mass is 285 g/mol. The maximum atomic E-state index is 12.9. The Bertz CT molecular complexity index is 442. The predicted octanol–water partition coefficient (Wildman–Crippen LogP) is 4.37. The summed E-state index contributed by atoms with van der Waals surface area (Å²) in [6.07, 6.45) is -1.19. The van der Waals surface area contributed by atoms with Crippen LogP contribution in [0.2, 0.25) is 0 Å². The van der Waals surface area contributed by atoms with E-state index in [9.17, 15) is 13.2 Å². The van der Waals surface area contributed by atoms with Gasteiger partial charge in [0.25, 0.3) is 0 Å². The van der Waals surface area contributed by atoms with E-state index < -0.39 is 11.7 Å². The first-order chi connectivity index (χ1) is 9.41. The van der Waals surface area contributed by atoms with Crippen molar-refractivity contribution in [2.75, 3.05) is 13.1 Å². The van der Waals surface area contributed by atoms with E-state index in [4.69, 9.17) is 0 Å². The zero-order chi connectivity index (χ0) is 14.8. The Morgan fingerprint density at radius 1 is 1.25 bits per heavy atom. The third-order valence-electron chi connectivity index (χ3n) is 4.45. The number of benzene rings is 1. The Labute approximate surface area is 118 Å². The molecule has 0 aliphatic heterocycles. The fourth-order valence-corrected chi connectivity index (χ4v) is 3.21. The number of hydrogen-bond donors (Lipinski definition) is 1. The maximum Gasteiger partial charge on any atom is 0.416 e. The van der Waals surface area contributed by atoms with Crippen LogP contribution in [-0.4, -0.2) is 13.1 Å². The van der Waals surface area contributed by atoms with Crippen molar-refractivity contribution in [3.63, 3.8) is 0 Å². The SMILES string of the molecule is CCNCC1(c2cccc(C(F)(F)F)c2)CC(CC)C1. The number of halogens is 3. The molecule has 0 saturated heterocycles. The maximum absolute atomic E-state index is 12.9. The van der Waals surface area contributed by atoms with Crippen LogP contribution in [0.15, 0.2) is 24.3 Å². The molecule has 112 valence electrons. The molecule has 2 rings (SSSR count). The predicted molar refractivity (Wildman–Crippen MR) is 74.7 cm³/mol. The Morgan fingerprint density at radius 2 is 1.95 bits per heavy atom. The molecule has 1 N–H and O–H groups in total. The first-order valence-corrected chi connectivity index (χ1v) is 7.30. The van der Waals surface area contributed by atoms with Crippen molar-refractivity contribution in [1.29, 1.82) is 0 Å². The fourth-order valence-electron chi connectivity index (χ4n) is 3.21. The molecule has 1 nitrogen and oxygen atoms in total. The summed E-state index contributed by atoms with van der Waals surface area (Å²) in [5, 5.41) is 3.31. The van der Waals surface area contributed by atoms with Gasteiger partial charge in [0.05, 0.1) is 5.56 Å². The van der Waals surface area contributed by atoms with Crippen LogP contribution in [0.5, 0.6) is 0 Å². The molecule has 1 aliphatic carbocycles. The first kappa shape index (κ1) is 15.4. The highest BCUT2D eigenvalue weighted by Crippen LogP contribution is 2.49. The molecule has 0 heterocycles. The number of hydrogen-bond acceptors (Lipinski definition) is 1. The number of likely N-dealkylation sites (N-methyl/N-ethyl adjacent to an activating group) is 1. The summed E-state index contributed by atoms with van der Waals surface area (Å²) >= 11 is 0. The van der Waals surface area contributed by atoms with Gasteiger partial charge in [-0.15, -0.1) is 0 Å². The second-order valence-electron chi connectivity index (χ2n) is 5.82. The molecule has 0 bridgehead atoms. The van der Waals surface area contributed by atoms with E-state index in [1.165, 1.54) is 12.1 Å². The average Bonchev–Trinajstić information content (AvgIpc) is 2.37. The lowest BCUT2D eigenvalue weighted by molar-refractivity contribution is -0.137. The molecule has 1 aliphatic rings. The minimum Gasteiger partial charge on any atom is -0.316 e. The van der Waals surface area contributed by atoms with E-state index in [2.05, 4.69) is 12.2 Å². The largest absolute Gasteiger partial charge is 0.416 e. The van der Waals surface area contributed by atoms with Crippen LogP contribution in [0.25, 0.3) is 0 Å². The molecule has 0 radical (unpaired) electrons. The lowest BCUT2D eigenvalue weighted by atomic mass is 9.57. The van der Waals surface area contributed by atoms with Crippen LogP contribution < -0.4 is 5.32 Å². The Balaban J connectivity index is 2.26. The van der Waals surface area contributed by atoms with Crippen molar-refractivity contribution in [3.05, 3.63) is 35.4 Å². The minimum absolute atomic E-state index is 0.113. The third-order valence-corrected chi connectivity index (χ3v) is 4.45. The molecule has 0 spiro atoms. The zero-order valence-electron chi connectivity index (χ0n) is 12.1. The van der Waals surface area contributed by atoms with Crippen molar-refractivity contribution in [2.45, 2.75) is 44.7 Å². The van der Waals surface area contributed by atoms with Crippen molar-refractivity contribution in [2.24, 2.45) is 5.92 Å². The molecule has 1 fully saturated rings. The number of rotatable bonds is 5. The third kappa shape index (κ3) is 3.00. The average molecular weight is 285 g/mol. The topological polar surface area (TPSA) is 12.0 Å². The Kier molecular flexibility index (Phi) is 4.43. The highest BCUT2D eigenvalue weighted by molar-refractivity contribution is 5.34. The molecule has 0 aromatic heterocycles. The van der Waals surface area contributed by atoms with Gasteiger partial charge in [-0.05, 0) is 36.9 Å². The van der Waals surface area contributed by atoms with Gasteiger partial charge in [-0.2, -0.15) is 13.2 Å². The standard InChI is InChI=1S/C16H22F3N/c1-3-12-9-15(10-12,11-20-4-2)13-6-5-7-14(8-13)16(17,18)19/h5-8,12,20H,3-4,9-11H2,1-2H3. The lowest BCUT2D eigenvalue weighted by Crippen LogP contribution is -2.48. The molecule has 0 atom stereocenters. The quantitative estimate of drug-likeness (QED) is 0.847. The van der Waals surface area contributed by atoms with Crippen molar-refractivity contribution in [1.82, 2.24) is 5.32 Å². The van der Waals surface area contributed by atoms with Gasteiger partial charge in [0.2, 0.25) is 0 Å². The van der Waals surface area contributed by atoms with Crippen molar-refractivity contribution < 1.29 is 13.2 Å². The first-order valence-electron chi connectivity index (χ1n) is 7.30. The molecule has 1 saturated carbocycles. The van der Waals surface area contributed by atoms with E-state index in [0.29, 0.717) is 5.92 Å². The summed E-state index contributed by atoms with van der Waals surface area (Å²) in [4.78, 5) is 0. The molecule has 4 heteroatoms. The summed E-state index contributed by atoms with van der Waals surface area (Å²) in [5.41, 5.74) is 0.182. The van der Waals surface area contributed by atoms with Crippen LogP contribution in [-0.2, 0) is 11.6 Å². The van der Waals surface area contributed by atoms with Crippen LogP contribution in [0.1, 0.15) is 44.2 Å². The molecular formula is C16H22F3N. The molecular weight excluding hydrogens is 263 g/mol. The van der Waals surface area contributed by atoms with Gasteiger partial charge >= 0.3 is 6.18 Å². The van der Waals surface area contributed by atoms with Crippen LogP contribution in [0, 0.1) is 5.92 Å². The molecule has 20 heavy (non-hydrogen) atoms. The van der Waals surface area contributed by atoms with E-state index in [0.717, 1.165) is 44.0 Å². The summed E-state index contributed by atoms with van der Waals surface area (Å²) in [7, 11) is 0. The van der Waals surface area contributed by atoms with Crippen molar-refractivity contribution in [3.8, 4) is 0 Å². The highest BCUT2D eigenvalue weighted by Gasteiger charge is 2.45. The fraction of sp³-hybridized carbons (Fsp3) is 0.625. The summed E-state index contributed by atoms with van der Waals surface area (Å²) in [6, 6.07) is 5.87. The van der Waals surface area contributed by atoms with Crippen LogP contribution in [0.3, 0.4) is 0 Å². The number of alkyl halides is 3. The van der Waals surface area contributed by atoms with Crippen LogP contribution in [0.4, 0.5) is 13.2 Å². The summed E-state index contributed by atoms with van der Waals surface area (Å²) in [6.45, 7) is 5.78. The van der Waals surface area contributed by atoms with E-state index >= 15 is 0 Å². The summed E-state index contributed by atoms with van der Waals surface area (Å²) in [5.74, 6) is 0.642. The van der Waals surface area contributed by atoms with Gasteiger partial charge in [0, 0.05) is 12.0 Å². The zero-order valence-corrected chi connectivity index (χ0v) is 12.1. The summed E-state index contributed by atoms with van der Waals surface area (Å²) < 4.78 is 38.6. The van der Waals surface area contributed by atoms with E-state index in [1.807, 2.05) is 13.0 Å². The second-order valence-corrected chi connectivity index (χ2v) is 5.82. The van der Waals surface area contributed by atoms with Gasteiger partial charge in [0.15, 0.2) is 0 Å². The smallest absolute Gasteiger partial charge is 0.316 e. The molecule has 0 amide bonds. The Hall–Kier alpha value is -1.03. The van der Waals surface area contributed by atoms with Gasteiger partial charge in [0.1, 0.15) is 0 Å². The highest BCUT2D eigenvalue weighted by atomic mass is 19.4. The van der Waals surface area contributed by atoms with Gasteiger partial charge in [-0.25, -0.2) is 0 Å². The minimum atomic E-state index is -4.26. The van der Waals surface area contributed by atoms with E-state index in [1.54, 1.807) is 0 Å². The molecule has 1 aromatic rings.